The molecular weight excluding hydrogens is 394 g/mol. The van der Waals surface area contributed by atoms with Crippen LogP contribution in [0.25, 0.3) is 0 Å². The van der Waals surface area contributed by atoms with Crippen molar-refractivity contribution in [1.29, 1.82) is 0 Å². The monoisotopic (exact) mass is 425 g/mol. The number of methoxy groups -OCH3 is 1. The van der Waals surface area contributed by atoms with E-state index in [4.69, 9.17) is 40.3 Å². The normalized spacial score (nSPS) is 23.8. The van der Waals surface area contributed by atoms with E-state index in [0.29, 0.717) is 32.6 Å². The quantitative estimate of drug-likeness (QED) is 0.233. The number of rotatable bonds is 13. The van der Waals surface area contributed by atoms with Crippen LogP contribution < -0.4 is 11.5 Å². The number of nitrogens with zero attached hydrogens (tertiary/aromatic N) is 1. The summed E-state index contributed by atoms with van der Waals surface area (Å²) in [5, 5.41) is 8.90. The number of benzene rings is 1. The molecule has 10 heteroatoms. The van der Waals surface area contributed by atoms with E-state index in [2.05, 4.69) is 4.99 Å². The summed E-state index contributed by atoms with van der Waals surface area (Å²) in [5.41, 5.74) is 11.6. The Morgan fingerprint density at radius 2 is 2.03 bits per heavy atom. The van der Waals surface area contributed by atoms with E-state index < -0.39 is 31.1 Å². The molecule has 0 bridgehead atoms. The van der Waals surface area contributed by atoms with Crippen LogP contribution >= 0.6 is 0 Å². The Balaban J connectivity index is 1.93. The molecule has 168 valence electrons. The number of ether oxygens (including phenoxy) is 5. The largest absolute Gasteiger partial charge is 0.480 e. The fraction of sp³-hybridized carbons (Fsp3) is 0.600. The van der Waals surface area contributed by atoms with Crippen molar-refractivity contribution in [2.45, 2.75) is 44.1 Å². The smallest absolute Gasteiger partial charge is 0.329 e. The predicted molar refractivity (Wildman–Crippen MR) is 109 cm³/mol. The summed E-state index contributed by atoms with van der Waals surface area (Å²) in [5.74, 6) is -1.02. The highest BCUT2D eigenvalue weighted by Crippen LogP contribution is 2.27. The standard InChI is InChI=1S/C20H31N3O7/c1-26-19-15(28-11-14-6-3-2-4-7-14)10-18(29-13-17(24)25)30-16(19)12-27-9-5-8-23-20(21)22/h2-4,6-7,15-16,18-19H,5,8-13H2,1H3,(H,24,25)(H4,21,22,23)/t15-,16-,18+,19+/m1/s1. The second kappa shape index (κ2) is 13.1. The SMILES string of the molecule is CO[C@H]1[C@H](OCc2ccccc2)C[C@@H](OCC(=O)O)O[C@@H]1COCCCN=C(N)N. The molecule has 1 heterocycles. The highest BCUT2D eigenvalue weighted by atomic mass is 16.7. The Labute approximate surface area is 176 Å². The molecule has 1 aromatic rings. The van der Waals surface area contributed by atoms with Gasteiger partial charge in [0.2, 0.25) is 0 Å². The van der Waals surface area contributed by atoms with Gasteiger partial charge in [-0.15, -0.1) is 0 Å². The molecule has 0 saturated carbocycles. The van der Waals surface area contributed by atoms with E-state index in [-0.39, 0.29) is 18.7 Å². The Bertz CT molecular complexity index is 655. The van der Waals surface area contributed by atoms with Crippen LogP contribution in [0.5, 0.6) is 0 Å². The molecule has 5 N–H and O–H groups in total. The number of carboxylic acid groups (broad SMARTS) is 1. The van der Waals surface area contributed by atoms with Crippen molar-refractivity contribution in [3.05, 3.63) is 35.9 Å². The van der Waals surface area contributed by atoms with Crippen LogP contribution in [-0.2, 0) is 35.1 Å². The molecule has 1 saturated heterocycles. The van der Waals surface area contributed by atoms with Crippen molar-refractivity contribution in [3.8, 4) is 0 Å². The predicted octanol–water partition coefficient (Wildman–Crippen LogP) is 0.483. The molecule has 2 rings (SSSR count). The molecule has 1 aromatic carbocycles. The van der Waals surface area contributed by atoms with Gasteiger partial charge < -0.3 is 40.3 Å². The van der Waals surface area contributed by atoms with Gasteiger partial charge in [0.15, 0.2) is 12.2 Å². The minimum absolute atomic E-state index is 0.0434. The summed E-state index contributed by atoms with van der Waals surface area (Å²) in [6.45, 7) is 1.07. The second-order valence-electron chi connectivity index (χ2n) is 6.81. The summed E-state index contributed by atoms with van der Waals surface area (Å²) >= 11 is 0. The number of hydrogen-bond acceptors (Lipinski definition) is 7. The number of guanidine groups is 1. The Morgan fingerprint density at radius 3 is 2.70 bits per heavy atom. The second-order valence-corrected chi connectivity index (χ2v) is 6.81. The molecule has 1 aliphatic heterocycles. The third-order valence-electron chi connectivity index (χ3n) is 4.48. The van der Waals surface area contributed by atoms with Gasteiger partial charge in [-0.2, -0.15) is 0 Å². The fourth-order valence-corrected chi connectivity index (χ4v) is 3.12. The molecule has 0 aliphatic carbocycles. The summed E-state index contributed by atoms with van der Waals surface area (Å²) in [4.78, 5) is 14.8. The number of nitrogens with two attached hydrogens (primary N) is 2. The lowest BCUT2D eigenvalue weighted by Gasteiger charge is -2.40. The third kappa shape index (κ3) is 8.64. The Kier molecular flexibility index (Phi) is 10.5. The van der Waals surface area contributed by atoms with E-state index >= 15 is 0 Å². The Morgan fingerprint density at radius 1 is 1.27 bits per heavy atom. The maximum Gasteiger partial charge on any atom is 0.329 e. The minimum Gasteiger partial charge on any atom is -0.480 e. The van der Waals surface area contributed by atoms with Gasteiger partial charge in [0.25, 0.3) is 0 Å². The van der Waals surface area contributed by atoms with Crippen molar-refractivity contribution in [2.75, 3.05) is 33.5 Å². The fourth-order valence-electron chi connectivity index (χ4n) is 3.12. The summed E-state index contributed by atoms with van der Waals surface area (Å²) < 4.78 is 28.6. The first-order valence-corrected chi connectivity index (χ1v) is 9.80. The number of carbonyl (C=O) groups is 1. The van der Waals surface area contributed by atoms with Crippen LogP contribution in [0, 0.1) is 0 Å². The average molecular weight is 425 g/mol. The first-order valence-electron chi connectivity index (χ1n) is 9.80. The van der Waals surface area contributed by atoms with E-state index in [9.17, 15) is 4.79 Å². The van der Waals surface area contributed by atoms with Crippen molar-refractivity contribution in [3.63, 3.8) is 0 Å². The number of aliphatic carboxylic acids is 1. The van der Waals surface area contributed by atoms with Gasteiger partial charge in [0, 0.05) is 26.7 Å². The van der Waals surface area contributed by atoms with Gasteiger partial charge in [0.1, 0.15) is 18.8 Å². The highest BCUT2D eigenvalue weighted by Gasteiger charge is 2.40. The average Bonchev–Trinajstić information content (AvgIpc) is 2.73. The van der Waals surface area contributed by atoms with Crippen molar-refractivity contribution < 1.29 is 33.6 Å². The molecular formula is C20H31N3O7. The molecule has 0 radical (unpaired) electrons. The molecule has 0 unspecified atom stereocenters. The highest BCUT2D eigenvalue weighted by molar-refractivity contribution is 5.75. The maximum absolute atomic E-state index is 10.9. The van der Waals surface area contributed by atoms with Gasteiger partial charge >= 0.3 is 5.97 Å². The van der Waals surface area contributed by atoms with Crippen LogP contribution in [0.1, 0.15) is 18.4 Å². The minimum atomic E-state index is -1.07. The van der Waals surface area contributed by atoms with E-state index in [1.165, 1.54) is 0 Å². The molecule has 1 fully saturated rings. The molecule has 0 aromatic heterocycles. The van der Waals surface area contributed by atoms with Crippen LogP contribution in [0.2, 0.25) is 0 Å². The van der Waals surface area contributed by atoms with Crippen molar-refractivity contribution >= 4 is 11.9 Å². The lowest BCUT2D eigenvalue weighted by Crippen LogP contribution is -2.53. The van der Waals surface area contributed by atoms with E-state index in [1.807, 2.05) is 30.3 Å². The summed E-state index contributed by atoms with van der Waals surface area (Å²) in [6, 6.07) is 9.75. The maximum atomic E-state index is 10.9. The van der Waals surface area contributed by atoms with Crippen LogP contribution in [0.3, 0.4) is 0 Å². The van der Waals surface area contributed by atoms with Crippen molar-refractivity contribution in [1.82, 2.24) is 0 Å². The van der Waals surface area contributed by atoms with Crippen LogP contribution in [-0.4, -0.2) is 75.1 Å². The first-order chi connectivity index (χ1) is 14.5. The van der Waals surface area contributed by atoms with E-state index in [1.54, 1.807) is 7.11 Å². The van der Waals surface area contributed by atoms with Crippen molar-refractivity contribution in [2.24, 2.45) is 16.5 Å². The van der Waals surface area contributed by atoms with Gasteiger partial charge in [-0.25, -0.2) is 4.79 Å². The molecule has 10 nitrogen and oxygen atoms in total. The van der Waals surface area contributed by atoms with Gasteiger partial charge in [0.05, 0.1) is 19.3 Å². The lowest BCUT2D eigenvalue weighted by atomic mass is 10.0. The van der Waals surface area contributed by atoms with Gasteiger partial charge in [-0.05, 0) is 12.0 Å². The number of carboxylic acids is 1. The topological polar surface area (TPSA) is 148 Å². The zero-order chi connectivity index (χ0) is 21.8. The molecule has 0 amide bonds. The zero-order valence-electron chi connectivity index (χ0n) is 17.1. The lowest BCUT2D eigenvalue weighted by molar-refractivity contribution is -0.271. The number of aliphatic imine (C=N–C) groups is 1. The van der Waals surface area contributed by atoms with Crippen LogP contribution in [0.15, 0.2) is 35.3 Å². The Hall–Kier alpha value is -2.24. The number of hydrogen-bond donors (Lipinski definition) is 3. The first kappa shape index (κ1) is 24.0. The third-order valence-corrected chi connectivity index (χ3v) is 4.48. The van der Waals surface area contributed by atoms with Gasteiger partial charge in [-0.1, -0.05) is 30.3 Å². The van der Waals surface area contributed by atoms with Gasteiger partial charge in [-0.3, -0.25) is 4.99 Å². The van der Waals surface area contributed by atoms with Crippen LogP contribution in [0.4, 0.5) is 0 Å². The summed E-state index contributed by atoms with van der Waals surface area (Å²) in [6.07, 6.45) is -0.960. The summed E-state index contributed by atoms with van der Waals surface area (Å²) in [7, 11) is 1.58. The molecule has 1 aliphatic rings. The molecule has 4 atom stereocenters. The zero-order valence-corrected chi connectivity index (χ0v) is 17.1. The van der Waals surface area contributed by atoms with E-state index in [0.717, 1.165) is 5.56 Å². The molecule has 0 spiro atoms. The molecule has 30 heavy (non-hydrogen) atoms.